The van der Waals surface area contributed by atoms with Crippen LogP contribution < -0.4 is 10.6 Å². The van der Waals surface area contributed by atoms with Crippen molar-refractivity contribution >= 4 is 17.3 Å². The third-order valence-electron chi connectivity index (χ3n) is 3.96. The first-order valence-corrected chi connectivity index (χ1v) is 6.77. The number of nitrogens with two attached hydrogens (primary N) is 1. The summed E-state index contributed by atoms with van der Waals surface area (Å²) in [6, 6.07) is 5.48. The number of benzene rings is 1. The van der Waals surface area contributed by atoms with Gasteiger partial charge in [0, 0.05) is 31.6 Å². The lowest BCUT2D eigenvalue weighted by atomic mass is 9.94. The summed E-state index contributed by atoms with van der Waals surface area (Å²) in [4.78, 5) is 13.9. The Bertz CT molecular complexity index is 504. The van der Waals surface area contributed by atoms with Crippen molar-refractivity contribution in [1.29, 1.82) is 0 Å². The molecule has 0 amide bonds. The fourth-order valence-corrected chi connectivity index (χ4v) is 2.62. The molecule has 1 unspecified atom stereocenters. The number of carbonyl (C=O) groups excluding carboxylic acids is 1. The van der Waals surface area contributed by atoms with Gasteiger partial charge in [0.05, 0.1) is 18.3 Å². The molecule has 1 aromatic rings. The third-order valence-corrected chi connectivity index (χ3v) is 3.96. The maximum Gasteiger partial charge on any atom is 0.340 e. The maximum atomic E-state index is 11.7. The first-order valence-electron chi connectivity index (χ1n) is 6.77. The van der Waals surface area contributed by atoms with Gasteiger partial charge in [-0.15, -0.1) is 0 Å². The van der Waals surface area contributed by atoms with E-state index in [0.717, 1.165) is 31.6 Å². The average molecular weight is 278 g/mol. The Balaban J connectivity index is 2.27. The molecule has 0 saturated carbocycles. The van der Waals surface area contributed by atoms with E-state index in [1.54, 1.807) is 19.2 Å². The molecule has 110 valence electrons. The zero-order valence-corrected chi connectivity index (χ0v) is 12.3. The Morgan fingerprint density at radius 3 is 2.80 bits per heavy atom. The minimum absolute atomic E-state index is 0.148. The highest BCUT2D eigenvalue weighted by molar-refractivity contribution is 5.96. The van der Waals surface area contributed by atoms with E-state index >= 15 is 0 Å². The molecule has 2 rings (SSSR count). The van der Waals surface area contributed by atoms with E-state index in [1.807, 2.05) is 6.07 Å². The number of nitrogen functional groups attached to an aromatic ring is 1. The number of ether oxygens (including phenoxy) is 2. The van der Waals surface area contributed by atoms with Gasteiger partial charge in [0.15, 0.2) is 0 Å². The van der Waals surface area contributed by atoms with Gasteiger partial charge in [-0.3, -0.25) is 0 Å². The van der Waals surface area contributed by atoms with Crippen molar-refractivity contribution < 1.29 is 14.3 Å². The van der Waals surface area contributed by atoms with Gasteiger partial charge >= 0.3 is 5.97 Å². The fraction of sp³-hybridized carbons (Fsp3) is 0.533. The predicted molar refractivity (Wildman–Crippen MR) is 79.1 cm³/mol. The van der Waals surface area contributed by atoms with E-state index in [-0.39, 0.29) is 5.60 Å². The van der Waals surface area contributed by atoms with E-state index in [9.17, 15) is 4.79 Å². The number of nitrogens with zero attached hydrogens (tertiary/aromatic N) is 1. The molecule has 0 spiro atoms. The highest BCUT2D eigenvalue weighted by Crippen LogP contribution is 2.29. The number of hydrogen-bond acceptors (Lipinski definition) is 5. The van der Waals surface area contributed by atoms with Crippen LogP contribution in [0, 0.1) is 0 Å². The second-order valence-electron chi connectivity index (χ2n) is 5.44. The molecule has 1 heterocycles. The first-order chi connectivity index (χ1) is 9.49. The van der Waals surface area contributed by atoms with Crippen LogP contribution in [0.4, 0.5) is 11.4 Å². The van der Waals surface area contributed by atoms with Gasteiger partial charge in [-0.1, -0.05) is 0 Å². The summed E-state index contributed by atoms with van der Waals surface area (Å²) in [6.45, 7) is 3.86. The summed E-state index contributed by atoms with van der Waals surface area (Å²) in [5, 5.41) is 0. The number of carbonyl (C=O) groups is 1. The SMILES string of the molecule is COC(=O)c1cc(N2CCCC(C)(OC)C2)ccc1N. The van der Waals surface area contributed by atoms with Crippen LogP contribution in [0.2, 0.25) is 0 Å². The zero-order chi connectivity index (χ0) is 14.8. The Labute approximate surface area is 119 Å². The molecule has 0 aliphatic carbocycles. The Hall–Kier alpha value is -1.75. The van der Waals surface area contributed by atoms with Crippen LogP contribution in [-0.4, -0.2) is 38.9 Å². The second-order valence-corrected chi connectivity index (χ2v) is 5.44. The summed E-state index contributed by atoms with van der Waals surface area (Å²) in [6.07, 6.45) is 2.10. The van der Waals surface area contributed by atoms with Crippen LogP contribution in [0.15, 0.2) is 18.2 Å². The highest BCUT2D eigenvalue weighted by Gasteiger charge is 2.31. The standard InChI is InChI=1S/C15H22N2O3/c1-15(20-3)7-4-8-17(10-15)11-5-6-13(16)12(9-11)14(18)19-2/h5-6,9H,4,7-8,10,16H2,1-3H3. The minimum Gasteiger partial charge on any atom is -0.465 e. The molecule has 1 saturated heterocycles. The number of rotatable bonds is 3. The van der Waals surface area contributed by atoms with Crippen molar-refractivity contribution in [2.24, 2.45) is 0 Å². The Morgan fingerprint density at radius 1 is 1.40 bits per heavy atom. The van der Waals surface area contributed by atoms with Crippen LogP contribution >= 0.6 is 0 Å². The molecule has 1 atom stereocenters. The van der Waals surface area contributed by atoms with E-state index in [0.29, 0.717) is 11.3 Å². The van der Waals surface area contributed by atoms with Gasteiger partial charge in [-0.25, -0.2) is 4.79 Å². The topological polar surface area (TPSA) is 64.8 Å². The monoisotopic (exact) mass is 278 g/mol. The lowest BCUT2D eigenvalue weighted by Crippen LogP contribution is -2.47. The molecule has 5 nitrogen and oxygen atoms in total. The normalized spacial score (nSPS) is 22.6. The second kappa shape index (κ2) is 5.71. The largest absolute Gasteiger partial charge is 0.465 e. The van der Waals surface area contributed by atoms with Crippen molar-refractivity contribution in [1.82, 2.24) is 0 Å². The summed E-state index contributed by atoms with van der Waals surface area (Å²) >= 11 is 0. The molecule has 20 heavy (non-hydrogen) atoms. The molecule has 5 heteroatoms. The van der Waals surface area contributed by atoms with E-state index in [1.165, 1.54) is 7.11 Å². The predicted octanol–water partition coefficient (Wildman–Crippen LogP) is 2.06. The van der Waals surface area contributed by atoms with Gasteiger partial charge in [0.25, 0.3) is 0 Å². The van der Waals surface area contributed by atoms with Crippen LogP contribution in [0.5, 0.6) is 0 Å². The van der Waals surface area contributed by atoms with Crippen molar-refractivity contribution in [2.45, 2.75) is 25.4 Å². The smallest absolute Gasteiger partial charge is 0.340 e. The summed E-state index contributed by atoms with van der Waals surface area (Å²) < 4.78 is 10.4. The van der Waals surface area contributed by atoms with Gasteiger partial charge in [-0.2, -0.15) is 0 Å². The molecule has 1 aromatic carbocycles. The van der Waals surface area contributed by atoms with E-state index < -0.39 is 5.97 Å². The Morgan fingerprint density at radius 2 is 2.15 bits per heavy atom. The molecule has 0 aromatic heterocycles. The average Bonchev–Trinajstić information content (AvgIpc) is 2.47. The first kappa shape index (κ1) is 14.7. The number of hydrogen-bond donors (Lipinski definition) is 1. The minimum atomic E-state index is -0.407. The van der Waals surface area contributed by atoms with Crippen molar-refractivity contribution in [2.75, 3.05) is 37.9 Å². The van der Waals surface area contributed by atoms with Crippen molar-refractivity contribution in [3.8, 4) is 0 Å². The zero-order valence-electron chi connectivity index (χ0n) is 12.3. The number of anilines is 2. The van der Waals surface area contributed by atoms with Gasteiger partial charge in [0.2, 0.25) is 0 Å². The number of methoxy groups -OCH3 is 2. The molecular weight excluding hydrogens is 256 g/mol. The molecule has 1 aliphatic heterocycles. The quantitative estimate of drug-likeness (QED) is 0.677. The third kappa shape index (κ3) is 2.88. The van der Waals surface area contributed by atoms with Crippen LogP contribution in [0.1, 0.15) is 30.1 Å². The molecule has 0 radical (unpaired) electrons. The van der Waals surface area contributed by atoms with Gasteiger partial charge in [-0.05, 0) is 38.0 Å². The number of piperidine rings is 1. The van der Waals surface area contributed by atoms with Crippen LogP contribution in [0.25, 0.3) is 0 Å². The van der Waals surface area contributed by atoms with Gasteiger partial charge in [0.1, 0.15) is 0 Å². The van der Waals surface area contributed by atoms with Crippen molar-refractivity contribution in [3.63, 3.8) is 0 Å². The van der Waals surface area contributed by atoms with Crippen LogP contribution in [-0.2, 0) is 9.47 Å². The van der Waals surface area contributed by atoms with Crippen LogP contribution in [0.3, 0.4) is 0 Å². The molecule has 1 fully saturated rings. The van der Waals surface area contributed by atoms with Crippen molar-refractivity contribution in [3.05, 3.63) is 23.8 Å². The summed E-state index contributed by atoms with van der Waals surface area (Å²) in [5.74, 6) is -0.407. The lowest BCUT2D eigenvalue weighted by molar-refractivity contribution is -0.00465. The molecular formula is C15H22N2O3. The van der Waals surface area contributed by atoms with Gasteiger partial charge < -0.3 is 20.1 Å². The molecule has 0 bridgehead atoms. The maximum absolute atomic E-state index is 11.7. The summed E-state index contributed by atoms with van der Waals surface area (Å²) in [7, 11) is 3.10. The summed E-state index contributed by atoms with van der Waals surface area (Å²) in [5.41, 5.74) is 7.51. The highest BCUT2D eigenvalue weighted by atomic mass is 16.5. The number of esters is 1. The van der Waals surface area contributed by atoms with E-state index in [2.05, 4.69) is 11.8 Å². The van der Waals surface area contributed by atoms with E-state index in [4.69, 9.17) is 15.2 Å². The Kier molecular flexibility index (Phi) is 4.18. The molecule has 1 aliphatic rings. The molecule has 2 N–H and O–H groups in total. The fourth-order valence-electron chi connectivity index (χ4n) is 2.62. The lowest BCUT2D eigenvalue weighted by Gasteiger charge is -2.40.